The van der Waals surface area contributed by atoms with E-state index in [1.807, 2.05) is 6.20 Å². The smallest absolute Gasteiger partial charge is 0.0856 e. The molecule has 0 saturated carbocycles. The van der Waals surface area contributed by atoms with Crippen molar-refractivity contribution in [2.45, 2.75) is 33.4 Å². The van der Waals surface area contributed by atoms with E-state index in [4.69, 9.17) is 0 Å². The van der Waals surface area contributed by atoms with Gasteiger partial charge >= 0.3 is 0 Å². The molecule has 0 saturated heterocycles. The average Bonchev–Trinajstić information content (AvgIpc) is 2.93. The normalized spacial score (nSPS) is 12.9. The molecule has 0 radical (unpaired) electrons. The van der Waals surface area contributed by atoms with Gasteiger partial charge in [0, 0.05) is 11.4 Å². The molecule has 2 heterocycles. The number of thiophene rings is 1. The van der Waals surface area contributed by atoms with Crippen molar-refractivity contribution < 1.29 is 0 Å². The summed E-state index contributed by atoms with van der Waals surface area (Å²) in [4.78, 5) is 1.37. The monoisotopic (exact) mass is 327 g/mol. The van der Waals surface area contributed by atoms with Crippen LogP contribution in [0.1, 0.15) is 36.0 Å². The lowest BCUT2D eigenvalue weighted by Crippen LogP contribution is -2.25. The van der Waals surface area contributed by atoms with Crippen LogP contribution in [0.15, 0.2) is 22.1 Å². The fourth-order valence-corrected chi connectivity index (χ4v) is 3.64. The van der Waals surface area contributed by atoms with Gasteiger partial charge in [0.25, 0.3) is 0 Å². The maximum Gasteiger partial charge on any atom is 0.0856 e. The Bertz CT molecular complexity index is 518. The number of hydrogen-bond donors (Lipinski definition) is 1. The molecule has 18 heavy (non-hydrogen) atoms. The summed E-state index contributed by atoms with van der Waals surface area (Å²) in [5.41, 5.74) is 2.55. The van der Waals surface area contributed by atoms with E-state index in [2.05, 4.69) is 63.2 Å². The Morgan fingerprint density at radius 2 is 2.28 bits per heavy atom. The predicted octanol–water partition coefficient (Wildman–Crippen LogP) is 3.73. The van der Waals surface area contributed by atoms with Crippen LogP contribution >= 0.6 is 27.3 Å². The summed E-state index contributed by atoms with van der Waals surface area (Å²) in [6, 6.07) is 2.39. The fraction of sp³-hybridized carbons (Fsp3) is 0.462. The van der Waals surface area contributed by atoms with Crippen molar-refractivity contribution in [1.82, 2.24) is 15.1 Å². The molecule has 0 aliphatic rings. The molecule has 1 unspecified atom stereocenters. The first kappa shape index (κ1) is 13.8. The first-order chi connectivity index (χ1) is 8.69. The van der Waals surface area contributed by atoms with Gasteiger partial charge in [-0.25, -0.2) is 0 Å². The van der Waals surface area contributed by atoms with Crippen LogP contribution in [0.25, 0.3) is 0 Å². The van der Waals surface area contributed by atoms with E-state index in [1.165, 1.54) is 16.1 Å². The van der Waals surface area contributed by atoms with Gasteiger partial charge < -0.3 is 5.32 Å². The summed E-state index contributed by atoms with van der Waals surface area (Å²) in [6.45, 7) is 8.23. The van der Waals surface area contributed by atoms with E-state index in [1.54, 1.807) is 11.3 Å². The standard InChI is InChI=1S/C13H18BrN3S/c1-4-15-11(13-9(3)6-7-18-13)12-10(14)8-16-17(12)5-2/h6-8,11,15H,4-5H2,1-3H3. The fourth-order valence-electron chi connectivity index (χ4n) is 2.11. The molecule has 98 valence electrons. The molecule has 0 fully saturated rings. The molecule has 0 amide bonds. The second-order valence-corrected chi connectivity index (χ2v) is 5.95. The number of halogens is 1. The Morgan fingerprint density at radius 3 is 2.83 bits per heavy atom. The predicted molar refractivity (Wildman–Crippen MR) is 80.2 cm³/mol. The van der Waals surface area contributed by atoms with Gasteiger partial charge in [-0.2, -0.15) is 5.10 Å². The van der Waals surface area contributed by atoms with E-state index in [9.17, 15) is 0 Å². The van der Waals surface area contributed by atoms with Gasteiger partial charge in [-0.15, -0.1) is 11.3 Å². The minimum absolute atomic E-state index is 0.215. The van der Waals surface area contributed by atoms with E-state index < -0.39 is 0 Å². The summed E-state index contributed by atoms with van der Waals surface area (Å²) in [7, 11) is 0. The number of aryl methyl sites for hydroxylation is 2. The molecule has 5 heteroatoms. The molecule has 0 aromatic carbocycles. The van der Waals surface area contributed by atoms with Crippen molar-refractivity contribution in [1.29, 1.82) is 0 Å². The number of rotatable bonds is 5. The van der Waals surface area contributed by atoms with Crippen molar-refractivity contribution in [2.24, 2.45) is 0 Å². The zero-order chi connectivity index (χ0) is 13.1. The molecule has 1 atom stereocenters. The quantitative estimate of drug-likeness (QED) is 0.906. The van der Waals surface area contributed by atoms with Crippen molar-refractivity contribution in [3.05, 3.63) is 38.3 Å². The number of nitrogens with one attached hydrogen (secondary N) is 1. The largest absolute Gasteiger partial charge is 0.305 e. The van der Waals surface area contributed by atoms with Crippen LogP contribution < -0.4 is 5.32 Å². The second kappa shape index (κ2) is 5.99. The number of nitrogens with zero attached hydrogens (tertiary/aromatic N) is 2. The molecule has 0 bridgehead atoms. The highest BCUT2D eigenvalue weighted by Gasteiger charge is 2.23. The number of aromatic nitrogens is 2. The summed E-state index contributed by atoms with van der Waals surface area (Å²) in [5.74, 6) is 0. The van der Waals surface area contributed by atoms with Crippen LogP contribution in [0.4, 0.5) is 0 Å². The van der Waals surface area contributed by atoms with Gasteiger partial charge in [-0.05, 0) is 53.3 Å². The van der Waals surface area contributed by atoms with Gasteiger partial charge in [-0.3, -0.25) is 4.68 Å². The maximum atomic E-state index is 4.41. The zero-order valence-electron chi connectivity index (χ0n) is 10.9. The summed E-state index contributed by atoms with van der Waals surface area (Å²) < 4.78 is 3.12. The highest BCUT2D eigenvalue weighted by atomic mass is 79.9. The molecule has 2 aromatic heterocycles. The third kappa shape index (κ3) is 2.53. The molecular weight excluding hydrogens is 310 g/mol. The minimum atomic E-state index is 0.215. The molecule has 2 rings (SSSR count). The third-order valence-corrected chi connectivity index (χ3v) is 4.67. The molecule has 3 nitrogen and oxygen atoms in total. The van der Waals surface area contributed by atoms with Crippen LogP contribution in [-0.2, 0) is 6.54 Å². The molecule has 0 aliphatic carbocycles. The lowest BCUT2D eigenvalue weighted by atomic mass is 10.1. The van der Waals surface area contributed by atoms with E-state index in [-0.39, 0.29) is 6.04 Å². The van der Waals surface area contributed by atoms with Crippen molar-refractivity contribution >= 4 is 27.3 Å². The Balaban J connectivity index is 2.47. The summed E-state index contributed by atoms with van der Waals surface area (Å²) in [5, 5.41) is 10.1. The van der Waals surface area contributed by atoms with Gasteiger partial charge in [-0.1, -0.05) is 6.92 Å². The van der Waals surface area contributed by atoms with Crippen molar-refractivity contribution in [3.63, 3.8) is 0 Å². The van der Waals surface area contributed by atoms with Crippen LogP contribution in [0.5, 0.6) is 0 Å². The summed E-state index contributed by atoms with van der Waals surface area (Å²) >= 11 is 5.42. The Kier molecular flexibility index (Phi) is 4.59. The molecular formula is C13H18BrN3S. The first-order valence-electron chi connectivity index (χ1n) is 6.17. The van der Waals surface area contributed by atoms with Crippen LogP contribution in [-0.4, -0.2) is 16.3 Å². The average molecular weight is 328 g/mol. The van der Waals surface area contributed by atoms with E-state index >= 15 is 0 Å². The van der Waals surface area contributed by atoms with Crippen molar-refractivity contribution in [3.8, 4) is 0 Å². The Hall–Kier alpha value is -0.650. The third-order valence-electron chi connectivity index (χ3n) is 2.98. The highest BCUT2D eigenvalue weighted by molar-refractivity contribution is 9.10. The highest BCUT2D eigenvalue weighted by Crippen LogP contribution is 2.33. The lowest BCUT2D eigenvalue weighted by molar-refractivity contribution is 0.544. The second-order valence-electron chi connectivity index (χ2n) is 4.15. The molecule has 1 N–H and O–H groups in total. The van der Waals surface area contributed by atoms with Crippen LogP contribution in [0.2, 0.25) is 0 Å². The van der Waals surface area contributed by atoms with E-state index in [0.717, 1.165) is 17.6 Å². The van der Waals surface area contributed by atoms with E-state index in [0.29, 0.717) is 0 Å². The van der Waals surface area contributed by atoms with Crippen molar-refractivity contribution in [2.75, 3.05) is 6.54 Å². The summed E-state index contributed by atoms with van der Waals surface area (Å²) in [6.07, 6.45) is 1.88. The first-order valence-corrected chi connectivity index (χ1v) is 7.84. The Morgan fingerprint density at radius 1 is 1.50 bits per heavy atom. The topological polar surface area (TPSA) is 29.9 Å². The van der Waals surface area contributed by atoms with Gasteiger partial charge in [0.1, 0.15) is 0 Å². The van der Waals surface area contributed by atoms with Gasteiger partial charge in [0.05, 0.1) is 22.4 Å². The zero-order valence-corrected chi connectivity index (χ0v) is 13.3. The maximum absolute atomic E-state index is 4.41. The Labute approximate surface area is 120 Å². The molecule has 2 aromatic rings. The SMILES string of the molecule is CCNC(c1sccc1C)c1c(Br)cnn1CC. The van der Waals surface area contributed by atoms with Gasteiger partial charge in [0.15, 0.2) is 0 Å². The molecule has 0 aliphatic heterocycles. The molecule has 0 spiro atoms. The van der Waals surface area contributed by atoms with Crippen LogP contribution in [0.3, 0.4) is 0 Å². The lowest BCUT2D eigenvalue weighted by Gasteiger charge is -2.19. The van der Waals surface area contributed by atoms with Gasteiger partial charge in [0.2, 0.25) is 0 Å². The number of hydrogen-bond acceptors (Lipinski definition) is 3. The van der Waals surface area contributed by atoms with Crippen LogP contribution in [0, 0.1) is 6.92 Å². The minimum Gasteiger partial charge on any atom is -0.305 e.